The molecule has 222 valence electrons. The Balaban J connectivity index is 1.32. The van der Waals surface area contributed by atoms with E-state index < -0.39 is 12.3 Å². The molecule has 1 amide bonds. The van der Waals surface area contributed by atoms with Crippen molar-refractivity contribution in [1.82, 2.24) is 5.32 Å². The van der Waals surface area contributed by atoms with Gasteiger partial charge in [-0.3, -0.25) is 9.59 Å². The molecule has 3 N–H and O–H groups in total. The Morgan fingerprint density at radius 2 is 1.53 bits per heavy atom. The highest BCUT2D eigenvalue weighted by atomic mass is 32.2. The van der Waals surface area contributed by atoms with E-state index in [9.17, 15) is 14.7 Å². The normalized spacial score (nSPS) is 18.2. The highest BCUT2D eigenvalue weighted by Gasteiger charge is 2.32. The van der Waals surface area contributed by atoms with E-state index in [1.165, 1.54) is 4.90 Å². The molecule has 1 heterocycles. The predicted octanol–water partition coefficient (Wildman–Crippen LogP) is 6.66. The van der Waals surface area contributed by atoms with E-state index in [0.717, 1.165) is 39.1 Å². The van der Waals surface area contributed by atoms with Crippen molar-refractivity contribution in [3.8, 4) is 11.1 Å². The average Bonchev–Trinajstić information content (AvgIpc) is 3.06. The SMILES string of the molecule is O=C(O)CCC(=O)NCc1cccc(-c2cccc(C3OC(CSc4ccccc4)CC(c4ccc(CO)cc4)O3)c2)c1. The first-order valence-corrected chi connectivity index (χ1v) is 15.3. The molecule has 4 aromatic rings. The zero-order chi connectivity index (χ0) is 30.0. The van der Waals surface area contributed by atoms with Gasteiger partial charge in [0.1, 0.15) is 0 Å². The third-order valence-electron chi connectivity index (χ3n) is 7.27. The lowest BCUT2D eigenvalue weighted by atomic mass is 9.99. The van der Waals surface area contributed by atoms with Crippen LogP contribution in [0.15, 0.2) is 108 Å². The quantitative estimate of drug-likeness (QED) is 0.157. The van der Waals surface area contributed by atoms with Crippen LogP contribution in [0.4, 0.5) is 0 Å². The molecule has 4 aromatic carbocycles. The van der Waals surface area contributed by atoms with Crippen LogP contribution in [0.3, 0.4) is 0 Å². The maximum absolute atomic E-state index is 12.0. The molecule has 0 aliphatic carbocycles. The molecule has 1 fully saturated rings. The Morgan fingerprint density at radius 1 is 0.791 bits per heavy atom. The van der Waals surface area contributed by atoms with E-state index in [1.54, 1.807) is 11.8 Å². The van der Waals surface area contributed by atoms with Crippen molar-refractivity contribution in [3.05, 3.63) is 125 Å². The van der Waals surface area contributed by atoms with Crippen molar-refractivity contribution in [2.75, 3.05) is 5.75 Å². The summed E-state index contributed by atoms with van der Waals surface area (Å²) in [6.07, 6.45) is -0.281. The second kappa shape index (κ2) is 15.0. The third-order valence-corrected chi connectivity index (χ3v) is 8.41. The van der Waals surface area contributed by atoms with Crippen LogP contribution in [0.5, 0.6) is 0 Å². The van der Waals surface area contributed by atoms with Crippen molar-refractivity contribution < 1.29 is 29.3 Å². The number of benzene rings is 4. The summed E-state index contributed by atoms with van der Waals surface area (Å²) >= 11 is 1.77. The monoisotopic (exact) mass is 597 g/mol. The number of carboxylic acid groups (broad SMARTS) is 1. The van der Waals surface area contributed by atoms with Gasteiger partial charge in [0.25, 0.3) is 0 Å². The van der Waals surface area contributed by atoms with Crippen molar-refractivity contribution in [2.45, 2.75) is 55.8 Å². The fourth-order valence-corrected chi connectivity index (χ4v) is 5.91. The smallest absolute Gasteiger partial charge is 0.303 e. The number of thioether (sulfide) groups is 1. The van der Waals surface area contributed by atoms with Gasteiger partial charge in [-0.1, -0.05) is 78.9 Å². The Hall–Kier alpha value is -3.95. The third kappa shape index (κ3) is 8.78. The number of carboxylic acids is 1. The number of hydrogen-bond acceptors (Lipinski definition) is 6. The molecule has 3 atom stereocenters. The Bertz CT molecular complexity index is 1510. The largest absolute Gasteiger partial charge is 0.481 e. The van der Waals surface area contributed by atoms with Crippen LogP contribution in [0, 0.1) is 0 Å². The van der Waals surface area contributed by atoms with Gasteiger partial charge in [-0.2, -0.15) is 0 Å². The summed E-state index contributed by atoms with van der Waals surface area (Å²) in [5.41, 5.74) is 5.72. The highest BCUT2D eigenvalue weighted by molar-refractivity contribution is 7.99. The molecular weight excluding hydrogens is 562 g/mol. The van der Waals surface area contributed by atoms with Gasteiger partial charge in [-0.15, -0.1) is 11.8 Å². The standard InChI is InChI=1S/C35H35NO6S/c37-22-24-12-14-26(15-13-24)32-20-30(23-43-31-10-2-1-3-11-31)41-35(42-32)29-9-5-8-28(19-29)27-7-4-6-25(18-27)21-36-33(38)16-17-34(39)40/h1-15,18-19,30,32,35,37H,16-17,20-23H2,(H,36,38)(H,39,40). The Kier molecular flexibility index (Phi) is 10.6. The molecule has 0 aromatic heterocycles. The number of aliphatic hydroxyl groups excluding tert-OH is 1. The van der Waals surface area contributed by atoms with E-state index in [1.807, 2.05) is 84.9 Å². The van der Waals surface area contributed by atoms with Gasteiger partial charge >= 0.3 is 5.97 Å². The summed E-state index contributed by atoms with van der Waals surface area (Å²) < 4.78 is 13.1. The topological polar surface area (TPSA) is 105 Å². The number of rotatable bonds is 12. The lowest BCUT2D eigenvalue weighted by molar-refractivity contribution is -0.245. The van der Waals surface area contributed by atoms with Crippen LogP contribution >= 0.6 is 11.8 Å². The number of aliphatic carboxylic acids is 1. The molecule has 0 radical (unpaired) electrons. The first-order chi connectivity index (χ1) is 21.0. The van der Waals surface area contributed by atoms with E-state index in [0.29, 0.717) is 13.0 Å². The molecule has 1 aliphatic rings. The summed E-state index contributed by atoms with van der Waals surface area (Å²) in [5.74, 6) is -0.494. The summed E-state index contributed by atoms with van der Waals surface area (Å²) in [4.78, 5) is 23.9. The number of amides is 1. The van der Waals surface area contributed by atoms with Gasteiger partial charge in [0.2, 0.25) is 5.91 Å². The number of carbonyl (C=O) groups is 2. The highest BCUT2D eigenvalue weighted by Crippen LogP contribution is 2.40. The van der Waals surface area contributed by atoms with E-state index in [-0.39, 0.29) is 37.6 Å². The zero-order valence-electron chi connectivity index (χ0n) is 23.7. The minimum atomic E-state index is -0.991. The van der Waals surface area contributed by atoms with Gasteiger partial charge in [0.15, 0.2) is 6.29 Å². The fourth-order valence-electron chi connectivity index (χ4n) is 4.96. The van der Waals surface area contributed by atoms with Crippen LogP contribution in [-0.4, -0.2) is 33.9 Å². The van der Waals surface area contributed by atoms with Crippen molar-refractivity contribution in [1.29, 1.82) is 0 Å². The molecule has 1 aliphatic heterocycles. The molecule has 0 saturated carbocycles. The van der Waals surface area contributed by atoms with E-state index >= 15 is 0 Å². The van der Waals surface area contributed by atoms with E-state index in [4.69, 9.17) is 14.6 Å². The predicted molar refractivity (Wildman–Crippen MR) is 166 cm³/mol. The summed E-state index contributed by atoms with van der Waals surface area (Å²) in [5, 5.41) is 21.1. The molecule has 43 heavy (non-hydrogen) atoms. The van der Waals surface area contributed by atoms with Crippen LogP contribution in [0.1, 0.15) is 53.9 Å². The van der Waals surface area contributed by atoms with Gasteiger partial charge in [0.05, 0.1) is 25.2 Å². The molecule has 0 bridgehead atoms. The van der Waals surface area contributed by atoms with Gasteiger partial charge < -0.3 is 25.0 Å². The number of nitrogens with one attached hydrogen (secondary N) is 1. The Morgan fingerprint density at radius 3 is 2.28 bits per heavy atom. The molecule has 1 saturated heterocycles. The van der Waals surface area contributed by atoms with Gasteiger partial charge in [-0.05, 0) is 52.1 Å². The van der Waals surface area contributed by atoms with Gasteiger partial charge in [-0.25, -0.2) is 0 Å². The van der Waals surface area contributed by atoms with Crippen molar-refractivity contribution >= 4 is 23.6 Å². The fraction of sp³-hybridized carbons (Fsp3) is 0.257. The number of hydrogen-bond donors (Lipinski definition) is 3. The Labute approximate surface area is 255 Å². The molecule has 7 nitrogen and oxygen atoms in total. The van der Waals surface area contributed by atoms with Crippen LogP contribution < -0.4 is 5.32 Å². The summed E-state index contributed by atoms with van der Waals surface area (Å²) in [6.45, 7) is 0.317. The molecular formula is C35H35NO6S. The summed E-state index contributed by atoms with van der Waals surface area (Å²) in [7, 11) is 0. The maximum Gasteiger partial charge on any atom is 0.303 e. The van der Waals surface area contributed by atoms with Crippen LogP contribution in [0.25, 0.3) is 11.1 Å². The molecule has 8 heteroatoms. The number of carbonyl (C=O) groups excluding carboxylic acids is 1. The van der Waals surface area contributed by atoms with E-state index in [2.05, 4.69) is 23.5 Å². The number of aliphatic hydroxyl groups is 1. The minimum absolute atomic E-state index is 0.00103. The summed E-state index contributed by atoms with van der Waals surface area (Å²) in [6, 6.07) is 34.2. The average molecular weight is 598 g/mol. The lowest BCUT2D eigenvalue weighted by Gasteiger charge is -2.36. The molecule has 5 rings (SSSR count). The number of ether oxygens (including phenoxy) is 2. The zero-order valence-corrected chi connectivity index (χ0v) is 24.5. The first kappa shape index (κ1) is 30.5. The maximum atomic E-state index is 12.0. The van der Waals surface area contributed by atoms with Gasteiger partial charge in [0, 0.05) is 35.6 Å². The lowest BCUT2D eigenvalue weighted by Crippen LogP contribution is -2.31. The minimum Gasteiger partial charge on any atom is -0.481 e. The van der Waals surface area contributed by atoms with Crippen molar-refractivity contribution in [3.63, 3.8) is 0 Å². The van der Waals surface area contributed by atoms with Crippen LogP contribution in [0.2, 0.25) is 0 Å². The molecule has 3 unspecified atom stereocenters. The second-order valence-corrected chi connectivity index (χ2v) is 11.6. The van der Waals surface area contributed by atoms with Crippen molar-refractivity contribution in [2.24, 2.45) is 0 Å². The first-order valence-electron chi connectivity index (χ1n) is 14.3. The molecule has 0 spiro atoms. The van der Waals surface area contributed by atoms with Crippen LogP contribution in [-0.2, 0) is 32.2 Å². The second-order valence-electron chi connectivity index (χ2n) is 10.5.